The molecule has 1 saturated heterocycles. The molecule has 9 heteroatoms. The molecule has 32 heavy (non-hydrogen) atoms. The third kappa shape index (κ3) is 4.83. The molecule has 0 aliphatic carbocycles. The van der Waals surface area contributed by atoms with E-state index >= 15 is 0 Å². The first kappa shape index (κ1) is 22.4. The van der Waals surface area contributed by atoms with Crippen LogP contribution in [0.15, 0.2) is 41.3 Å². The van der Waals surface area contributed by atoms with Crippen molar-refractivity contribution in [1.29, 1.82) is 0 Å². The number of ether oxygens (including phenoxy) is 3. The van der Waals surface area contributed by atoms with E-state index in [1.165, 1.54) is 16.4 Å². The summed E-state index contributed by atoms with van der Waals surface area (Å²) in [5, 5.41) is 0. The molecular formula is C23H28N2O6S. The van der Waals surface area contributed by atoms with Crippen LogP contribution < -0.4 is 14.2 Å². The molecule has 2 heterocycles. The van der Waals surface area contributed by atoms with Gasteiger partial charge in [0.2, 0.25) is 15.9 Å². The first-order valence-corrected chi connectivity index (χ1v) is 12.2. The minimum atomic E-state index is -3.67. The lowest BCUT2D eigenvalue weighted by molar-refractivity contribution is -0.132. The predicted octanol–water partition coefficient (Wildman–Crippen LogP) is 2.38. The fourth-order valence-corrected chi connectivity index (χ4v) is 5.22. The van der Waals surface area contributed by atoms with Gasteiger partial charge in [0.15, 0.2) is 11.5 Å². The van der Waals surface area contributed by atoms with Crippen molar-refractivity contribution in [3.05, 3.63) is 47.5 Å². The Morgan fingerprint density at radius 3 is 2.44 bits per heavy atom. The molecule has 0 atom stereocenters. The number of piperazine rings is 1. The summed E-state index contributed by atoms with van der Waals surface area (Å²) in [4.78, 5) is 14.4. The zero-order valence-corrected chi connectivity index (χ0v) is 19.2. The molecule has 1 amide bonds. The number of hydrogen-bond acceptors (Lipinski definition) is 6. The van der Waals surface area contributed by atoms with Gasteiger partial charge >= 0.3 is 0 Å². The maximum Gasteiger partial charge on any atom is 0.243 e. The molecule has 0 radical (unpaired) electrons. The van der Waals surface area contributed by atoms with Crippen molar-refractivity contribution >= 4 is 15.9 Å². The second-order valence-corrected chi connectivity index (χ2v) is 9.90. The predicted molar refractivity (Wildman–Crippen MR) is 119 cm³/mol. The van der Waals surface area contributed by atoms with E-state index in [-0.39, 0.29) is 30.3 Å². The van der Waals surface area contributed by atoms with E-state index in [4.69, 9.17) is 14.2 Å². The summed E-state index contributed by atoms with van der Waals surface area (Å²) in [5.41, 5.74) is 2.13. The van der Waals surface area contributed by atoms with E-state index in [2.05, 4.69) is 0 Å². The Morgan fingerprint density at radius 1 is 0.969 bits per heavy atom. The average Bonchev–Trinajstić information content (AvgIpc) is 2.81. The van der Waals surface area contributed by atoms with Crippen molar-refractivity contribution in [2.24, 2.45) is 0 Å². The quantitative estimate of drug-likeness (QED) is 0.658. The number of aryl methyl sites for hydroxylation is 2. The SMILES string of the molecule is Cc1ccc(C)c(OCCC(=O)N2CCN(S(=O)(=O)c3ccc4c(c3)OCCO4)CC2)c1. The topological polar surface area (TPSA) is 85.4 Å². The van der Waals surface area contributed by atoms with Crippen LogP contribution in [0.1, 0.15) is 17.5 Å². The molecule has 4 rings (SSSR count). The van der Waals surface area contributed by atoms with Gasteiger partial charge in [-0.05, 0) is 43.2 Å². The van der Waals surface area contributed by atoms with E-state index in [0.717, 1.165) is 16.9 Å². The molecule has 0 N–H and O–H groups in total. The summed E-state index contributed by atoms with van der Waals surface area (Å²) in [7, 11) is -3.67. The van der Waals surface area contributed by atoms with Crippen molar-refractivity contribution < 1.29 is 27.4 Å². The molecule has 2 aromatic carbocycles. The van der Waals surface area contributed by atoms with Crippen LogP contribution in [0.2, 0.25) is 0 Å². The molecule has 0 unspecified atom stereocenters. The summed E-state index contributed by atoms with van der Waals surface area (Å²) in [6.45, 7) is 6.31. The molecule has 8 nitrogen and oxygen atoms in total. The van der Waals surface area contributed by atoms with Gasteiger partial charge < -0.3 is 19.1 Å². The van der Waals surface area contributed by atoms with Crippen molar-refractivity contribution in [2.45, 2.75) is 25.2 Å². The molecule has 2 aliphatic heterocycles. The van der Waals surface area contributed by atoms with Crippen LogP contribution in [0.4, 0.5) is 0 Å². The standard InChI is InChI=1S/C23H28N2O6S/c1-17-3-4-18(2)21(15-17)29-12-7-23(26)24-8-10-25(11-9-24)32(27,28)19-5-6-20-22(16-19)31-14-13-30-20/h3-6,15-16H,7-14H2,1-2H3. The summed E-state index contributed by atoms with van der Waals surface area (Å²) in [6.07, 6.45) is 0.252. The highest BCUT2D eigenvalue weighted by molar-refractivity contribution is 7.89. The van der Waals surface area contributed by atoms with Gasteiger partial charge in [-0.2, -0.15) is 4.31 Å². The van der Waals surface area contributed by atoms with Crippen LogP contribution in [0.3, 0.4) is 0 Å². The maximum absolute atomic E-state index is 13.0. The smallest absolute Gasteiger partial charge is 0.243 e. The molecule has 2 aliphatic rings. The van der Waals surface area contributed by atoms with Crippen molar-refractivity contribution in [3.8, 4) is 17.2 Å². The Balaban J connectivity index is 1.30. The number of rotatable bonds is 6. The summed E-state index contributed by atoms with van der Waals surface area (Å²) in [5.74, 6) is 1.74. The van der Waals surface area contributed by atoms with Gasteiger partial charge in [-0.3, -0.25) is 4.79 Å². The third-order valence-corrected chi connectivity index (χ3v) is 7.55. The van der Waals surface area contributed by atoms with Gasteiger partial charge in [0.05, 0.1) is 17.9 Å². The lowest BCUT2D eigenvalue weighted by atomic mass is 10.1. The van der Waals surface area contributed by atoms with E-state index in [9.17, 15) is 13.2 Å². The highest BCUT2D eigenvalue weighted by Crippen LogP contribution is 2.33. The van der Waals surface area contributed by atoms with Crippen molar-refractivity contribution in [1.82, 2.24) is 9.21 Å². The Kier molecular flexibility index (Phi) is 6.57. The van der Waals surface area contributed by atoms with Crippen LogP contribution >= 0.6 is 0 Å². The van der Waals surface area contributed by atoms with Gasteiger partial charge in [-0.15, -0.1) is 0 Å². The summed E-state index contributed by atoms with van der Waals surface area (Å²) in [6, 6.07) is 10.6. The Bertz CT molecular complexity index is 1090. The Morgan fingerprint density at radius 2 is 1.69 bits per heavy atom. The number of hydrogen-bond donors (Lipinski definition) is 0. The zero-order chi connectivity index (χ0) is 22.7. The van der Waals surface area contributed by atoms with E-state index < -0.39 is 10.0 Å². The molecule has 2 aromatic rings. The van der Waals surface area contributed by atoms with Crippen LogP contribution in [-0.2, 0) is 14.8 Å². The normalized spacial score (nSPS) is 16.6. The number of benzene rings is 2. The van der Waals surface area contributed by atoms with Crippen LogP contribution in [-0.4, -0.2) is 69.5 Å². The highest BCUT2D eigenvalue weighted by atomic mass is 32.2. The first-order chi connectivity index (χ1) is 15.3. The molecule has 1 fully saturated rings. The van der Waals surface area contributed by atoms with Gasteiger partial charge in [0.1, 0.15) is 19.0 Å². The van der Waals surface area contributed by atoms with Gasteiger partial charge in [0, 0.05) is 32.2 Å². The number of nitrogens with zero attached hydrogens (tertiary/aromatic N) is 2. The van der Waals surface area contributed by atoms with Crippen LogP contribution in [0, 0.1) is 13.8 Å². The number of carbonyl (C=O) groups is 1. The van der Waals surface area contributed by atoms with Crippen LogP contribution in [0.25, 0.3) is 0 Å². The molecule has 0 saturated carbocycles. The molecule has 0 bridgehead atoms. The fraction of sp³-hybridized carbons (Fsp3) is 0.435. The van der Waals surface area contributed by atoms with E-state index in [0.29, 0.717) is 44.4 Å². The lowest BCUT2D eigenvalue weighted by Crippen LogP contribution is -2.50. The number of carbonyl (C=O) groups excluding carboxylic acids is 1. The van der Waals surface area contributed by atoms with E-state index in [1.54, 1.807) is 11.0 Å². The monoisotopic (exact) mass is 460 g/mol. The minimum absolute atomic E-state index is 0.0355. The van der Waals surface area contributed by atoms with Crippen molar-refractivity contribution in [2.75, 3.05) is 46.0 Å². The van der Waals surface area contributed by atoms with E-state index in [1.807, 2.05) is 32.0 Å². The number of fused-ring (bicyclic) bond motifs is 1. The minimum Gasteiger partial charge on any atom is -0.493 e. The molecule has 172 valence electrons. The fourth-order valence-electron chi connectivity index (χ4n) is 3.78. The third-order valence-electron chi connectivity index (χ3n) is 5.66. The zero-order valence-electron chi connectivity index (χ0n) is 18.4. The summed E-state index contributed by atoms with van der Waals surface area (Å²) < 4.78 is 44.2. The lowest BCUT2D eigenvalue weighted by Gasteiger charge is -2.34. The number of amides is 1. The van der Waals surface area contributed by atoms with Gasteiger partial charge in [-0.25, -0.2) is 8.42 Å². The average molecular weight is 461 g/mol. The second-order valence-electron chi connectivity index (χ2n) is 7.96. The van der Waals surface area contributed by atoms with Gasteiger partial charge in [-0.1, -0.05) is 12.1 Å². The Labute approximate surface area is 188 Å². The number of sulfonamides is 1. The molecular weight excluding hydrogens is 432 g/mol. The summed E-state index contributed by atoms with van der Waals surface area (Å²) >= 11 is 0. The molecule has 0 aromatic heterocycles. The second kappa shape index (κ2) is 9.38. The van der Waals surface area contributed by atoms with Crippen LogP contribution in [0.5, 0.6) is 17.2 Å². The van der Waals surface area contributed by atoms with Crippen molar-refractivity contribution in [3.63, 3.8) is 0 Å². The molecule has 0 spiro atoms. The Hall–Kier alpha value is -2.78. The highest BCUT2D eigenvalue weighted by Gasteiger charge is 2.31. The van der Waals surface area contributed by atoms with Gasteiger partial charge in [0.25, 0.3) is 0 Å². The maximum atomic E-state index is 13.0. The first-order valence-electron chi connectivity index (χ1n) is 10.7. The largest absolute Gasteiger partial charge is 0.493 e.